The lowest BCUT2D eigenvalue weighted by molar-refractivity contribution is -0.385. The predicted molar refractivity (Wildman–Crippen MR) is 117 cm³/mol. The van der Waals surface area contributed by atoms with E-state index in [1.54, 1.807) is 12.3 Å². The molecule has 1 amide bonds. The van der Waals surface area contributed by atoms with Gasteiger partial charge in [0.25, 0.3) is 5.91 Å². The number of carbonyl (C=O) groups is 1. The first-order chi connectivity index (χ1) is 15.5. The number of anilines is 1. The van der Waals surface area contributed by atoms with Crippen LogP contribution in [0.5, 0.6) is 5.75 Å². The summed E-state index contributed by atoms with van der Waals surface area (Å²) >= 11 is 0. The highest BCUT2D eigenvalue weighted by Crippen LogP contribution is 2.33. The molecule has 3 aromatic carbocycles. The highest BCUT2D eigenvalue weighted by Gasteiger charge is 2.23. The van der Waals surface area contributed by atoms with Gasteiger partial charge in [-0.05, 0) is 48.5 Å². The molecule has 0 aliphatic rings. The molecule has 9 heteroatoms. The minimum Gasteiger partial charge on any atom is -0.490 e. The molecule has 160 valence electrons. The summed E-state index contributed by atoms with van der Waals surface area (Å²) in [6.07, 6.45) is 1.54. The van der Waals surface area contributed by atoms with Crippen LogP contribution in [0.1, 0.15) is 10.4 Å². The zero-order chi connectivity index (χ0) is 22.7. The third-order valence-electron chi connectivity index (χ3n) is 4.73. The molecule has 1 aromatic heterocycles. The standard InChI is InChI=1S/C23H17FN4O4/c1-32-21-12-7-15(13-20(21)28(30)31)22-19(14-27(26-22)18-5-3-2-4-6-18)23(29)25-17-10-8-16(24)9-11-17/h2-14H,1H3,(H,25,29). The van der Waals surface area contributed by atoms with Crippen LogP contribution >= 0.6 is 0 Å². The van der Waals surface area contributed by atoms with Gasteiger partial charge in [-0.3, -0.25) is 14.9 Å². The van der Waals surface area contributed by atoms with Gasteiger partial charge in [-0.2, -0.15) is 5.10 Å². The van der Waals surface area contributed by atoms with Gasteiger partial charge < -0.3 is 10.1 Å². The smallest absolute Gasteiger partial charge is 0.311 e. The van der Waals surface area contributed by atoms with E-state index < -0.39 is 16.6 Å². The van der Waals surface area contributed by atoms with Gasteiger partial charge in [0.05, 0.1) is 23.3 Å². The minimum absolute atomic E-state index is 0.0959. The number of carbonyl (C=O) groups excluding carboxylic acids is 1. The first kappa shape index (κ1) is 20.7. The Morgan fingerprint density at radius 3 is 2.47 bits per heavy atom. The van der Waals surface area contributed by atoms with Crippen LogP contribution < -0.4 is 10.1 Å². The Bertz CT molecular complexity index is 1290. The summed E-state index contributed by atoms with van der Waals surface area (Å²) in [4.78, 5) is 24.0. The van der Waals surface area contributed by atoms with Crippen LogP contribution in [0, 0.1) is 15.9 Å². The zero-order valence-corrected chi connectivity index (χ0v) is 16.9. The summed E-state index contributed by atoms with van der Waals surface area (Å²) in [5, 5.41) is 18.7. The molecule has 0 aliphatic heterocycles. The molecule has 4 aromatic rings. The lowest BCUT2D eigenvalue weighted by atomic mass is 10.1. The molecule has 1 heterocycles. The van der Waals surface area contributed by atoms with Crippen molar-refractivity contribution in [1.82, 2.24) is 9.78 Å². The number of aromatic nitrogens is 2. The average Bonchev–Trinajstić information content (AvgIpc) is 3.26. The Morgan fingerprint density at radius 1 is 1.09 bits per heavy atom. The lowest BCUT2D eigenvalue weighted by Crippen LogP contribution is -2.12. The largest absolute Gasteiger partial charge is 0.490 e. The fourth-order valence-corrected chi connectivity index (χ4v) is 3.18. The lowest BCUT2D eigenvalue weighted by Gasteiger charge is -2.07. The van der Waals surface area contributed by atoms with E-state index in [4.69, 9.17) is 4.74 Å². The molecular weight excluding hydrogens is 415 g/mol. The van der Waals surface area contributed by atoms with Crippen molar-refractivity contribution in [3.05, 3.63) is 100 Å². The third kappa shape index (κ3) is 4.17. The summed E-state index contributed by atoms with van der Waals surface area (Å²) in [6, 6.07) is 18.8. The Morgan fingerprint density at radius 2 is 1.81 bits per heavy atom. The van der Waals surface area contributed by atoms with Gasteiger partial charge in [-0.25, -0.2) is 9.07 Å². The van der Waals surface area contributed by atoms with Crippen molar-refractivity contribution < 1.29 is 18.8 Å². The van der Waals surface area contributed by atoms with Gasteiger partial charge in [-0.1, -0.05) is 18.2 Å². The number of nitro benzene ring substituents is 1. The van der Waals surface area contributed by atoms with Gasteiger partial charge >= 0.3 is 5.69 Å². The van der Waals surface area contributed by atoms with Crippen molar-refractivity contribution in [2.24, 2.45) is 0 Å². The summed E-state index contributed by atoms with van der Waals surface area (Å²) < 4.78 is 19.8. The summed E-state index contributed by atoms with van der Waals surface area (Å²) in [7, 11) is 1.34. The number of hydrogen-bond donors (Lipinski definition) is 1. The van der Waals surface area contributed by atoms with Crippen molar-refractivity contribution in [3.8, 4) is 22.7 Å². The molecule has 0 saturated heterocycles. The first-order valence-corrected chi connectivity index (χ1v) is 9.51. The van der Waals surface area contributed by atoms with E-state index in [-0.39, 0.29) is 22.7 Å². The van der Waals surface area contributed by atoms with E-state index in [1.165, 1.54) is 48.2 Å². The Balaban J connectivity index is 1.81. The molecule has 0 fully saturated rings. The number of rotatable bonds is 6. The van der Waals surface area contributed by atoms with Crippen molar-refractivity contribution in [3.63, 3.8) is 0 Å². The average molecular weight is 432 g/mol. The molecule has 32 heavy (non-hydrogen) atoms. The number of nitrogens with zero attached hydrogens (tertiary/aromatic N) is 3. The van der Waals surface area contributed by atoms with Gasteiger partial charge in [0.1, 0.15) is 11.5 Å². The van der Waals surface area contributed by atoms with Gasteiger partial charge in [0.15, 0.2) is 5.75 Å². The third-order valence-corrected chi connectivity index (χ3v) is 4.73. The van der Waals surface area contributed by atoms with Crippen LogP contribution in [0.25, 0.3) is 16.9 Å². The maximum atomic E-state index is 13.2. The summed E-state index contributed by atoms with van der Waals surface area (Å²) in [6.45, 7) is 0. The summed E-state index contributed by atoms with van der Waals surface area (Å²) in [5.41, 5.74) is 1.67. The predicted octanol–water partition coefficient (Wildman–Crippen LogP) is 4.85. The van der Waals surface area contributed by atoms with E-state index in [9.17, 15) is 19.3 Å². The molecule has 0 unspecified atom stereocenters. The minimum atomic E-state index is -0.561. The molecule has 0 aliphatic carbocycles. The maximum Gasteiger partial charge on any atom is 0.311 e. The number of nitrogens with one attached hydrogen (secondary N) is 1. The van der Waals surface area contributed by atoms with Crippen molar-refractivity contribution in [2.75, 3.05) is 12.4 Å². The van der Waals surface area contributed by atoms with Crippen LogP contribution in [0.15, 0.2) is 79.0 Å². The molecule has 1 N–H and O–H groups in total. The second kappa shape index (κ2) is 8.68. The van der Waals surface area contributed by atoms with Crippen molar-refractivity contribution >= 4 is 17.3 Å². The molecule has 8 nitrogen and oxygen atoms in total. The SMILES string of the molecule is COc1ccc(-c2nn(-c3ccccc3)cc2C(=O)Nc2ccc(F)cc2)cc1[N+](=O)[O-]. The molecule has 0 spiro atoms. The molecule has 0 bridgehead atoms. The number of benzene rings is 3. The molecular formula is C23H17FN4O4. The Kier molecular flexibility index (Phi) is 5.63. The molecule has 0 atom stereocenters. The number of ether oxygens (including phenoxy) is 1. The number of halogens is 1. The number of hydrogen-bond acceptors (Lipinski definition) is 5. The van der Waals surface area contributed by atoms with E-state index in [0.717, 1.165) is 0 Å². The Labute approximate surface area is 182 Å². The quantitative estimate of drug-likeness (QED) is 0.347. The van der Waals surface area contributed by atoms with E-state index in [1.807, 2.05) is 30.3 Å². The second-order valence-corrected chi connectivity index (χ2v) is 6.78. The summed E-state index contributed by atoms with van der Waals surface area (Å²) in [5.74, 6) is -0.822. The topological polar surface area (TPSA) is 99.3 Å². The van der Waals surface area contributed by atoms with Gasteiger partial charge in [-0.15, -0.1) is 0 Å². The van der Waals surface area contributed by atoms with Crippen molar-refractivity contribution in [2.45, 2.75) is 0 Å². The number of methoxy groups -OCH3 is 1. The van der Waals surface area contributed by atoms with Gasteiger partial charge in [0.2, 0.25) is 0 Å². The fourth-order valence-electron chi connectivity index (χ4n) is 3.18. The first-order valence-electron chi connectivity index (χ1n) is 9.51. The second-order valence-electron chi connectivity index (χ2n) is 6.78. The number of para-hydroxylation sites is 1. The zero-order valence-electron chi connectivity index (χ0n) is 16.9. The van der Waals surface area contributed by atoms with Crippen LogP contribution in [0.2, 0.25) is 0 Å². The molecule has 0 saturated carbocycles. The monoisotopic (exact) mass is 432 g/mol. The fraction of sp³-hybridized carbons (Fsp3) is 0.0435. The van der Waals surface area contributed by atoms with Crippen LogP contribution in [-0.2, 0) is 0 Å². The molecule has 0 radical (unpaired) electrons. The van der Waals surface area contributed by atoms with E-state index in [0.29, 0.717) is 16.9 Å². The highest BCUT2D eigenvalue weighted by atomic mass is 19.1. The van der Waals surface area contributed by atoms with E-state index >= 15 is 0 Å². The number of nitro groups is 1. The van der Waals surface area contributed by atoms with Gasteiger partial charge in [0, 0.05) is 23.5 Å². The highest BCUT2D eigenvalue weighted by molar-refractivity contribution is 6.08. The molecule has 4 rings (SSSR count). The number of amides is 1. The van der Waals surface area contributed by atoms with Crippen LogP contribution in [0.4, 0.5) is 15.8 Å². The maximum absolute atomic E-state index is 13.2. The van der Waals surface area contributed by atoms with E-state index in [2.05, 4.69) is 10.4 Å². The van der Waals surface area contributed by atoms with Crippen LogP contribution in [-0.4, -0.2) is 27.7 Å². The van der Waals surface area contributed by atoms with Crippen LogP contribution in [0.3, 0.4) is 0 Å². The normalized spacial score (nSPS) is 10.6. The van der Waals surface area contributed by atoms with Crippen molar-refractivity contribution in [1.29, 1.82) is 0 Å². The Hall–Kier alpha value is -4.53.